The van der Waals surface area contributed by atoms with Gasteiger partial charge in [0.2, 0.25) is 0 Å². The zero-order chi connectivity index (χ0) is 19.2. The van der Waals surface area contributed by atoms with Crippen LogP contribution in [0.25, 0.3) is 0 Å². The van der Waals surface area contributed by atoms with Crippen molar-refractivity contribution >= 4 is 12.0 Å². The normalized spacial score (nSPS) is 15.1. The van der Waals surface area contributed by atoms with Crippen LogP contribution in [-0.2, 0) is 9.53 Å². The van der Waals surface area contributed by atoms with Crippen molar-refractivity contribution in [3.05, 3.63) is 29.8 Å². The summed E-state index contributed by atoms with van der Waals surface area (Å²) in [4.78, 5) is 26.0. The van der Waals surface area contributed by atoms with E-state index in [0.717, 1.165) is 0 Å². The van der Waals surface area contributed by atoms with Crippen molar-refractivity contribution in [2.75, 3.05) is 19.7 Å². The van der Waals surface area contributed by atoms with E-state index in [1.54, 1.807) is 49.9 Å². The molecular weight excluding hydrogens is 334 g/mol. The summed E-state index contributed by atoms with van der Waals surface area (Å²) in [6.07, 6.45) is 1.05. The van der Waals surface area contributed by atoms with Crippen LogP contribution in [0, 0.1) is 11.3 Å². The van der Waals surface area contributed by atoms with Crippen molar-refractivity contribution in [3.63, 3.8) is 0 Å². The lowest BCUT2D eigenvalue weighted by molar-refractivity contribution is -0.135. The number of piperidine rings is 1. The second-order valence-corrected chi connectivity index (χ2v) is 6.68. The smallest absolute Gasteiger partial charge is 0.409 e. The largest absolute Gasteiger partial charge is 0.478 e. The number of nitriles is 1. The lowest BCUT2D eigenvalue weighted by atomic mass is 10.0. The van der Waals surface area contributed by atoms with E-state index < -0.39 is 5.60 Å². The fourth-order valence-corrected chi connectivity index (χ4v) is 2.72. The second-order valence-electron chi connectivity index (χ2n) is 6.68. The predicted molar refractivity (Wildman–Crippen MR) is 95.6 cm³/mol. The Balaban J connectivity index is 1.86. The SMILES string of the molecule is CCOC(=O)N1CCC(NC(=O)C(C)(C)Oc2ccc(C#N)cc2)CC1. The van der Waals surface area contributed by atoms with Gasteiger partial charge in [0.05, 0.1) is 18.2 Å². The van der Waals surface area contributed by atoms with Gasteiger partial charge in [-0.15, -0.1) is 0 Å². The lowest BCUT2D eigenvalue weighted by Crippen LogP contribution is -2.53. The van der Waals surface area contributed by atoms with E-state index in [1.807, 2.05) is 6.07 Å². The third-order valence-corrected chi connectivity index (χ3v) is 4.26. The Hall–Kier alpha value is -2.75. The first-order chi connectivity index (χ1) is 12.4. The summed E-state index contributed by atoms with van der Waals surface area (Å²) in [6, 6.07) is 8.68. The minimum Gasteiger partial charge on any atom is -0.478 e. The van der Waals surface area contributed by atoms with Gasteiger partial charge in [-0.25, -0.2) is 4.79 Å². The number of nitrogens with zero attached hydrogens (tertiary/aromatic N) is 2. The molecule has 0 radical (unpaired) electrons. The Morgan fingerprint density at radius 2 is 1.88 bits per heavy atom. The molecule has 1 heterocycles. The molecular formula is C19H25N3O4. The minimum absolute atomic E-state index is 0.00276. The van der Waals surface area contributed by atoms with E-state index in [-0.39, 0.29) is 18.0 Å². The number of likely N-dealkylation sites (tertiary alicyclic amines) is 1. The molecule has 1 aliphatic rings. The second kappa shape index (κ2) is 8.56. The van der Waals surface area contributed by atoms with Crippen LogP contribution in [0.5, 0.6) is 5.75 Å². The fraction of sp³-hybridized carbons (Fsp3) is 0.526. The summed E-state index contributed by atoms with van der Waals surface area (Å²) in [5, 5.41) is 11.8. The topological polar surface area (TPSA) is 91.7 Å². The summed E-state index contributed by atoms with van der Waals surface area (Å²) in [6.45, 7) is 6.65. The van der Waals surface area contributed by atoms with E-state index in [4.69, 9.17) is 14.7 Å². The van der Waals surface area contributed by atoms with Crippen molar-refractivity contribution in [1.82, 2.24) is 10.2 Å². The summed E-state index contributed by atoms with van der Waals surface area (Å²) >= 11 is 0. The molecule has 1 saturated heterocycles. The van der Waals surface area contributed by atoms with Crippen molar-refractivity contribution < 1.29 is 19.1 Å². The van der Waals surface area contributed by atoms with E-state index >= 15 is 0 Å². The van der Waals surface area contributed by atoms with Crippen LogP contribution < -0.4 is 10.1 Å². The molecule has 140 valence electrons. The van der Waals surface area contributed by atoms with Crippen molar-refractivity contribution in [1.29, 1.82) is 5.26 Å². The molecule has 7 heteroatoms. The number of rotatable bonds is 5. The van der Waals surface area contributed by atoms with E-state index in [0.29, 0.717) is 43.9 Å². The highest BCUT2D eigenvalue weighted by molar-refractivity contribution is 5.85. The van der Waals surface area contributed by atoms with Gasteiger partial charge in [-0.05, 0) is 57.9 Å². The molecule has 0 unspecified atom stereocenters. The molecule has 1 aromatic carbocycles. The molecule has 2 amide bonds. The van der Waals surface area contributed by atoms with Gasteiger partial charge < -0.3 is 19.7 Å². The molecule has 0 spiro atoms. The Bertz CT molecular complexity index is 671. The number of hydrogen-bond acceptors (Lipinski definition) is 5. The van der Waals surface area contributed by atoms with Gasteiger partial charge in [-0.2, -0.15) is 5.26 Å². The maximum Gasteiger partial charge on any atom is 0.409 e. The highest BCUT2D eigenvalue weighted by atomic mass is 16.6. The molecule has 7 nitrogen and oxygen atoms in total. The molecule has 0 aromatic heterocycles. The molecule has 1 aromatic rings. The number of nitrogens with one attached hydrogen (secondary N) is 1. The number of amides is 2. The van der Waals surface area contributed by atoms with Crippen molar-refractivity contribution in [3.8, 4) is 11.8 Å². The van der Waals surface area contributed by atoms with Gasteiger partial charge in [-0.3, -0.25) is 4.79 Å². The van der Waals surface area contributed by atoms with Crippen LogP contribution in [0.1, 0.15) is 39.2 Å². The molecule has 0 aliphatic carbocycles. The summed E-state index contributed by atoms with van der Waals surface area (Å²) in [5.74, 6) is 0.317. The fourth-order valence-electron chi connectivity index (χ4n) is 2.72. The van der Waals surface area contributed by atoms with Crippen molar-refractivity contribution in [2.45, 2.75) is 45.3 Å². The zero-order valence-electron chi connectivity index (χ0n) is 15.4. The zero-order valence-corrected chi connectivity index (χ0v) is 15.4. The first-order valence-corrected chi connectivity index (χ1v) is 8.77. The molecule has 2 rings (SSSR count). The third-order valence-electron chi connectivity index (χ3n) is 4.26. The first kappa shape index (κ1) is 19.6. The predicted octanol–water partition coefficient (Wildman–Crippen LogP) is 2.45. The number of carbonyl (C=O) groups excluding carboxylic acids is 2. The monoisotopic (exact) mass is 359 g/mol. The molecule has 0 bridgehead atoms. The van der Waals surface area contributed by atoms with Crippen LogP contribution >= 0.6 is 0 Å². The van der Waals surface area contributed by atoms with Crippen LogP contribution in [0.2, 0.25) is 0 Å². The Morgan fingerprint density at radius 3 is 2.42 bits per heavy atom. The average molecular weight is 359 g/mol. The molecule has 1 aliphatic heterocycles. The maximum absolute atomic E-state index is 12.6. The van der Waals surface area contributed by atoms with Gasteiger partial charge >= 0.3 is 6.09 Å². The highest BCUT2D eigenvalue weighted by Crippen LogP contribution is 2.20. The van der Waals surface area contributed by atoms with E-state index in [2.05, 4.69) is 5.32 Å². The van der Waals surface area contributed by atoms with Gasteiger partial charge in [0.25, 0.3) is 5.91 Å². The van der Waals surface area contributed by atoms with Gasteiger partial charge in [-0.1, -0.05) is 0 Å². The Labute approximate surface area is 153 Å². The summed E-state index contributed by atoms with van der Waals surface area (Å²) in [7, 11) is 0. The number of benzene rings is 1. The van der Waals surface area contributed by atoms with Gasteiger partial charge in [0, 0.05) is 19.1 Å². The van der Waals surface area contributed by atoms with Crippen LogP contribution in [0.15, 0.2) is 24.3 Å². The van der Waals surface area contributed by atoms with Crippen molar-refractivity contribution in [2.24, 2.45) is 0 Å². The Kier molecular flexibility index (Phi) is 6.45. The molecule has 0 saturated carbocycles. The Morgan fingerprint density at radius 1 is 1.27 bits per heavy atom. The van der Waals surface area contributed by atoms with Crippen LogP contribution in [-0.4, -0.2) is 48.2 Å². The van der Waals surface area contributed by atoms with Gasteiger partial charge in [0.15, 0.2) is 5.60 Å². The average Bonchev–Trinajstić information content (AvgIpc) is 2.63. The minimum atomic E-state index is -1.05. The molecule has 1 N–H and O–H groups in total. The molecule has 26 heavy (non-hydrogen) atoms. The van der Waals surface area contributed by atoms with Gasteiger partial charge in [0.1, 0.15) is 5.75 Å². The summed E-state index contributed by atoms with van der Waals surface area (Å²) < 4.78 is 10.8. The third kappa shape index (κ3) is 5.12. The quantitative estimate of drug-likeness (QED) is 0.872. The van der Waals surface area contributed by atoms with Crippen LogP contribution in [0.3, 0.4) is 0 Å². The molecule has 1 fully saturated rings. The number of carbonyl (C=O) groups is 2. The lowest BCUT2D eigenvalue weighted by Gasteiger charge is -2.34. The van der Waals surface area contributed by atoms with Crippen LogP contribution in [0.4, 0.5) is 4.79 Å². The molecule has 0 atom stereocenters. The van der Waals surface area contributed by atoms with E-state index in [9.17, 15) is 9.59 Å². The highest BCUT2D eigenvalue weighted by Gasteiger charge is 2.33. The van der Waals surface area contributed by atoms with E-state index in [1.165, 1.54) is 0 Å². The number of hydrogen-bond donors (Lipinski definition) is 1. The maximum atomic E-state index is 12.6. The number of ether oxygens (including phenoxy) is 2. The standard InChI is InChI=1S/C19H25N3O4/c1-4-25-18(24)22-11-9-15(10-12-22)21-17(23)19(2,3)26-16-7-5-14(13-20)6-8-16/h5-8,15H,4,9-12H2,1-3H3,(H,21,23). The summed E-state index contributed by atoms with van der Waals surface area (Å²) in [5.41, 5.74) is -0.514. The first-order valence-electron chi connectivity index (χ1n) is 8.77.